The summed E-state index contributed by atoms with van der Waals surface area (Å²) in [6.45, 7) is 11.7. The fraction of sp³-hybridized carbons (Fsp3) is 0.714. The number of hydrogen-bond acceptors (Lipinski definition) is 2. The number of amides is 2. The van der Waals surface area contributed by atoms with Gasteiger partial charge in [0.05, 0.1) is 0 Å². The second-order valence-corrected chi connectivity index (χ2v) is 8.86. The third-order valence-corrected chi connectivity index (χ3v) is 6.42. The van der Waals surface area contributed by atoms with Gasteiger partial charge in [0.25, 0.3) is 5.91 Å². The van der Waals surface area contributed by atoms with Crippen LogP contribution in [0.5, 0.6) is 0 Å². The Kier molecular flexibility index (Phi) is 14.8. The van der Waals surface area contributed by atoms with Gasteiger partial charge in [0.2, 0.25) is 5.91 Å². The Labute approximate surface area is 199 Å². The van der Waals surface area contributed by atoms with Crippen molar-refractivity contribution in [2.45, 2.75) is 111 Å². The molecule has 2 amide bonds. The molecule has 0 aromatic heterocycles. The highest BCUT2D eigenvalue weighted by atomic mass is 16.2. The molecule has 184 valence electrons. The molecule has 1 aliphatic rings. The van der Waals surface area contributed by atoms with Gasteiger partial charge in [-0.2, -0.15) is 0 Å². The maximum atomic E-state index is 13.7. The fourth-order valence-corrected chi connectivity index (χ4v) is 4.60. The molecule has 1 atom stereocenters. The van der Waals surface area contributed by atoms with E-state index in [4.69, 9.17) is 0 Å². The van der Waals surface area contributed by atoms with Crippen LogP contribution in [-0.2, 0) is 4.79 Å². The smallest absolute Gasteiger partial charge is 0.254 e. The standard InChI is InChI=1S/C26H42N2O2.C2H6.H2/c1-4-6-8-14-20-28(26(30)23-18-13-12-15-21(23)3)24(22-16-10-9-11-17-22)25(29)27-19-7-5-2;1-2;/h12-13,15,18,22,24H,4-11,14,16-17,19-20H2,1-3H3,(H,27,29);1-2H3;1H. The molecule has 4 nitrogen and oxygen atoms in total. The first-order chi connectivity index (χ1) is 15.6. The molecule has 32 heavy (non-hydrogen) atoms. The minimum absolute atomic E-state index is 0. The molecule has 1 fully saturated rings. The summed E-state index contributed by atoms with van der Waals surface area (Å²) < 4.78 is 0. The minimum atomic E-state index is -0.351. The molecule has 1 saturated carbocycles. The molecule has 1 aromatic carbocycles. The quantitative estimate of drug-likeness (QED) is 0.346. The molecule has 0 radical (unpaired) electrons. The van der Waals surface area contributed by atoms with Crippen LogP contribution in [0.1, 0.15) is 116 Å². The molecule has 1 aromatic rings. The number of nitrogens with zero attached hydrogens (tertiary/aromatic N) is 1. The van der Waals surface area contributed by atoms with Crippen molar-refractivity contribution in [2.24, 2.45) is 5.92 Å². The summed E-state index contributed by atoms with van der Waals surface area (Å²) in [4.78, 5) is 29.0. The van der Waals surface area contributed by atoms with Crippen LogP contribution in [0, 0.1) is 12.8 Å². The Morgan fingerprint density at radius 1 is 1.00 bits per heavy atom. The zero-order valence-electron chi connectivity index (χ0n) is 21.4. The Bertz CT molecular complexity index is 659. The summed E-state index contributed by atoms with van der Waals surface area (Å²) in [5.74, 6) is 0.332. The van der Waals surface area contributed by atoms with E-state index in [2.05, 4.69) is 19.2 Å². The molecule has 1 N–H and O–H groups in total. The average molecular weight is 447 g/mol. The van der Waals surface area contributed by atoms with Gasteiger partial charge in [-0.3, -0.25) is 9.59 Å². The van der Waals surface area contributed by atoms with E-state index in [-0.39, 0.29) is 25.2 Å². The Balaban J connectivity index is 0.00000332. The van der Waals surface area contributed by atoms with Crippen LogP contribution < -0.4 is 5.32 Å². The summed E-state index contributed by atoms with van der Waals surface area (Å²) in [5, 5.41) is 3.15. The molecule has 0 heterocycles. The maximum Gasteiger partial charge on any atom is 0.254 e. The van der Waals surface area contributed by atoms with Crippen LogP contribution in [-0.4, -0.2) is 35.8 Å². The Morgan fingerprint density at radius 2 is 1.66 bits per heavy atom. The predicted octanol–water partition coefficient (Wildman–Crippen LogP) is 7.15. The van der Waals surface area contributed by atoms with Gasteiger partial charge in [0.1, 0.15) is 6.04 Å². The topological polar surface area (TPSA) is 49.4 Å². The van der Waals surface area contributed by atoms with Gasteiger partial charge in [-0.05, 0) is 50.2 Å². The van der Waals surface area contributed by atoms with Crippen molar-refractivity contribution in [3.8, 4) is 0 Å². The Morgan fingerprint density at radius 3 is 2.28 bits per heavy atom. The Hall–Kier alpha value is -1.84. The van der Waals surface area contributed by atoms with Crippen molar-refractivity contribution >= 4 is 11.8 Å². The third kappa shape index (κ3) is 8.96. The highest BCUT2D eigenvalue weighted by Gasteiger charge is 2.37. The first-order valence-electron chi connectivity index (χ1n) is 13.2. The van der Waals surface area contributed by atoms with E-state index in [1.807, 2.05) is 49.9 Å². The molecule has 0 aliphatic heterocycles. The van der Waals surface area contributed by atoms with Crippen LogP contribution in [0.15, 0.2) is 24.3 Å². The molecule has 1 unspecified atom stereocenters. The van der Waals surface area contributed by atoms with E-state index in [0.29, 0.717) is 13.1 Å². The molecule has 2 rings (SSSR count). The van der Waals surface area contributed by atoms with Gasteiger partial charge in [0.15, 0.2) is 0 Å². The highest BCUT2D eigenvalue weighted by Crippen LogP contribution is 2.31. The van der Waals surface area contributed by atoms with Crippen molar-refractivity contribution in [2.75, 3.05) is 13.1 Å². The number of carbonyl (C=O) groups is 2. The van der Waals surface area contributed by atoms with E-state index in [0.717, 1.165) is 68.9 Å². The monoisotopic (exact) mass is 446 g/mol. The number of rotatable bonds is 12. The van der Waals surface area contributed by atoms with Crippen molar-refractivity contribution < 1.29 is 11.0 Å². The number of benzene rings is 1. The fourth-order valence-electron chi connectivity index (χ4n) is 4.60. The van der Waals surface area contributed by atoms with Crippen LogP contribution in [0.2, 0.25) is 0 Å². The van der Waals surface area contributed by atoms with Crippen molar-refractivity contribution in [1.29, 1.82) is 0 Å². The number of carbonyl (C=O) groups excluding carboxylic acids is 2. The number of nitrogens with one attached hydrogen (secondary N) is 1. The normalized spacial score (nSPS) is 14.8. The minimum Gasteiger partial charge on any atom is -0.354 e. The number of aryl methyl sites for hydroxylation is 1. The summed E-state index contributed by atoms with van der Waals surface area (Å²) in [5.41, 5.74) is 1.71. The van der Waals surface area contributed by atoms with E-state index in [1.54, 1.807) is 0 Å². The molecule has 1 aliphatic carbocycles. The maximum absolute atomic E-state index is 13.7. The molecular weight excluding hydrogens is 396 g/mol. The van der Waals surface area contributed by atoms with Gasteiger partial charge >= 0.3 is 0 Å². The van der Waals surface area contributed by atoms with Gasteiger partial charge in [-0.1, -0.05) is 90.8 Å². The van der Waals surface area contributed by atoms with Crippen molar-refractivity contribution in [3.05, 3.63) is 35.4 Å². The first kappa shape index (κ1) is 28.2. The van der Waals surface area contributed by atoms with Crippen LogP contribution in [0.3, 0.4) is 0 Å². The van der Waals surface area contributed by atoms with Crippen molar-refractivity contribution in [3.63, 3.8) is 0 Å². The third-order valence-electron chi connectivity index (χ3n) is 6.42. The lowest BCUT2D eigenvalue weighted by molar-refractivity contribution is -0.128. The van der Waals surface area contributed by atoms with Gasteiger partial charge < -0.3 is 10.2 Å². The van der Waals surface area contributed by atoms with Gasteiger partial charge in [0, 0.05) is 20.1 Å². The first-order valence-corrected chi connectivity index (χ1v) is 13.2. The van der Waals surface area contributed by atoms with E-state index >= 15 is 0 Å². The molecule has 0 bridgehead atoms. The SMILES string of the molecule is CC.CCCCCCN(C(=O)c1ccccc1C)C(C(=O)NCCCC)C1CCCCC1.[HH]. The van der Waals surface area contributed by atoms with Gasteiger partial charge in [-0.15, -0.1) is 0 Å². The van der Waals surface area contributed by atoms with E-state index in [9.17, 15) is 9.59 Å². The zero-order valence-corrected chi connectivity index (χ0v) is 21.4. The number of unbranched alkanes of at least 4 members (excludes halogenated alkanes) is 4. The molecule has 4 heteroatoms. The lowest BCUT2D eigenvalue weighted by Crippen LogP contribution is -2.54. The summed E-state index contributed by atoms with van der Waals surface area (Å²) in [6.07, 6.45) is 12.1. The average Bonchev–Trinajstić information content (AvgIpc) is 2.83. The van der Waals surface area contributed by atoms with Crippen LogP contribution >= 0.6 is 0 Å². The summed E-state index contributed by atoms with van der Waals surface area (Å²) >= 11 is 0. The summed E-state index contributed by atoms with van der Waals surface area (Å²) in [7, 11) is 0. The van der Waals surface area contributed by atoms with Gasteiger partial charge in [-0.25, -0.2) is 0 Å². The van der Waals surface area contributed by atoms with E-state index in [1.165, 1.54) is 12.8 Å². The molecule has 0 spiro atoms. The largest absolute Gasteiger partial charge is 0.354 e. The highest BCUT2D eigenvalue weighted by molar-refractivity contribution is 5.98. The summed E-state index contributed by atoms with van der Waals surface area (Å²) in [6, 6.07) is 7.43. The predicted molar refractivity (Wildman–Crippen MR) is 138 cm³/mol. The lowest BCUT2D eigenvalue weighted by atomic mass is 9.82. The van der Waals surface area contributed by atoms with Crippen molar-refractivity contribution in [1.82, 2.24) is 10.2 Å². The lowest BCUT2D eigenvalue weighted by Gasteiger charge is -2.38. The second kappa shape index (κ2) is 16.7. The number of hydrogen-bond donors (Lipinski definition) is 1. The molecular formula is C28H50N2O2. The van der Waals surface area contributed by atoms with Crippen LogP contribution in [0.4, 0.5) is 0 Å². The molecule has 0 saturated heterocycles. The van der Waals surface area contributed by atoms with Crippen LogP contribution in [0.25, 0.3) is 0 Å². The second-order valence-electron chi connectivity index (χ2n) is 8.86. The van der Waals surface area contributed by atoms with E-state index < -0.39 is 0 Å². The zero-order chi connectivity index (χ0) is 23.8.